The van der Waals surface area contributed by atoms with E-state index in [1.54, 1.807) is 12.1 Å². The third kappa shape index (κ3) is 10.6. The van der Waals surface area contributed by atoms with Gasteiger partial charge in [-0.05, 0) is 68.5 Å². The highest BCUT2D eigenvalue weighted by Gasteiger charge is 2.38. The number of halogens is 3. The molecule has 43 heavy (non-hydrogen) atoms. The van der Waals surface area contributed by atoms with Crippen molar-refractivity contribution in [2.24, 2.45) is 11.3 Å². The highest BCUT2D eigenvalue weighted by Crippen LogP contribution is 2.46. The molecule has 2 fully saturated rings. The SMILES string of the molecule is C#Cc1ccc(NC(=C)C(C)(Cc2cccc(CN3CCN(C)CC3)c2)C2CCCCC2)cc1C(F)(F)F.C=CC.CC. The highest BCUT2D eigenvalue weighted by atomic mass is 19.4. The first-order valence-electron chi connectivity index (χ1n) is 15.7. The molecule has 0 bridgehead atoms. The Labute approximate surface area is 259 Å². The number of benzene rings is 2. The average molecular weight is 596 g/mol. The molecule has 0 radical (unpaired) electrons. The zero-order chi connectivity index (χ0) is 32.0. The number of terminal acetylenes is 1. The van der Waals surface area contributed by atoms with Gasteiger partial charge in [0.25, 0.3) is 0 Å². The van der Waals surface area contributed by atoms with E-state index in [1.165, 1.54) is 36.5 Å². The van der Waals surface area contributed by atoms with Crippen molar-refractivity contribution < 1.29 is 13.2 Å². The van der Waals surface area contributed by atoms with Crippen molar-refractivity contribution in [3.8, 4) is 12.3 Å². The maximum Gasteiger partial charge on any atom is 0.417 e. The van der Waals surface area contributed by atoms with Crippen molar-refractivity contribution in [2.45, 2.75) is 78.9 Å². The molecule has 1 unspecified atom stereocenters. The van der Waals surface area contributed by atoms with Crippen LogP contribution in [0.2, 0.25) is 0 Å². The number of piperazine rings is 1. The summed E-state index contributed by atoms with van der Waals surface area (Å²) < 4.78 is 40.9. The zero-order valence-electron chi connectivity index (χ0n) is 27.0. The van der Waals surface area contributed by atoms with E-state index in [-0.39, 0.29) is 11.0 Å². The first-order chi connectivity index (χ1) is 20.5. The molecule has 1 aliphatic carbocycles. The fourth-order valence-corrected chi connectivity index (χ4v) is 6.06. The lowest BCUT2D eigenvalue weighted by atomic mass is 9.65. The van der Waals surface area contributed by atoms with Crippen molar-refractivity contribution in [3.63, 3.8) is 0 Å². The van der Waals surface area contributed by atoms with Crippen molar-refractivity contribution in [2.75, 3.05) is 38.5 Å². The molecule has 236 valence electrons. The van der Waals surface area contributed by atoms with Gasteiger partial charge in [0.2, 0.25) is 0 Å². The van der Waals surface area contributed by atoms with E-state index >= 15 is 0 Å². The minimum atomic E-state index is -4.52. The predicted octanol–water partition coefficient (Wildman–Crippen LogP) is 9.41. The molecule has 1 saturated carbocycles. The summed E-state index contributed by atoms with van der Waals surface area (Å²) in [7, 11) is 2.17. The third-order valence-electron chi connectivity index (χ3n) is 8.54. The standard InChI is InChI=1S/C32H40F3N3.C3H6.C2H6/c1-5-27-14-15-29(21-30(27)32(33,34)35)36-24(2)31(3,28-12-7-6-8-13-28)22-25-10-9-11-26(20-25)23-38-18-16-37(4)17-19-38;1-3-2;1-2/h1,9-11,14-15,20-21,28,36H,2,6-8,12-13,16-19,22-23H2,3-4H3;3H,1H2,2H3;1-2H3. The van der Waals surface area contributed by atoms with E-state index in [9.17, 15) is 13.2 Å². The van der Waals surface area contributed by atoms with Crippen LogP contribution >= 0.6 is 0 Å². The van der Waals surface area contributed by atoms with Crippen molar-refractivity contribution in [1.29, 1.82) is 0 Å². The molecule has 0 aromatic heterocycles. The van der Waals surface area contributed by atoms with E-state index in [2.05, 4.69) is 72.4 Å². The third-order valence-corrected chi connectivity index (χ3v) is 8.54. The predicted molar refractivity (Wildman–Crippen MR) is 177 cm³/mol. The van der Waals surface area contributed by atoms with Gasteiger partial charge in [-0.1, -0.05) is 82.9 Å². The Morgan fingerprint density at radius 3 is 2.21 bits per heavy atom. The summed E-state index contributed by atoms with van der Waals surface area (Å²) in [6.07, 6.45) is 9.13. The van der Waals surface area contributed by atoms with E-state index in [1.807, 2.05) is 20.8 Å². The largest absolute Gasteiger partial charge is 0.417 e. The second-order valence-corrected chi connectivity index (χ2v) is 11.7. The van der Waals surface area contributed by atoms with Crippen LogP contribution in [0.1, 0.15) is 82.1 Å². The lowest BCUT2D eigenvalue weighted by Crippen LogP contribution is -2.43. The van der Waals surface area contributed by atoms with Gasteiger partial charge in [0.15, 0.2) is 0 Å². The lowest BCUT2D eigenvalue weighted by Gasteiger charge is -2.42. The molecule has 2 aliphatic rings. The molecular weight excluding hydrogens is 543 g/mol. The Kier molecular flexibility index (Phi) is 14.6. The summed E-state index contributed by atoms with van der Waals surface area (Å²) in [6, 6.07) is 12.9. The topological polar surface area (TPSA) is 18.5 Å². The smallest absolute Gasteiger partial charge is 0.359 e. The van der Waals surface area contributed by atoms with Crippen LogP contribution in [0.4, 0.5) is 18.9 Å². The number of nitrogens with one attached hydrogen (secondary N) is 1. The maximum absolute atomic E-state index is 13.6. The van der Waals surface area contributed by atoms with E-state index in [0.717, 1.165) is 63.7 Å². The highest BCUT2D eigenvalue weighted by molar-refractivity contribution is 5.57. The van der Waals surface area contributed by atoms with Crippen molar-refractivity contribution >= 4 is 5.69 Å². The fourth-order valence-electron chi connectivity index (χ4n) is 6.06. The van der Waals surface area contributed by atoms with Crippen LogP contribution < -0.4 is 5.32 Å². The first-order valence-corrected chi connectivity index (χ1v) is 15.7. The number of alkyl halides is 3. The molecule has 1 N–H and O–H groups in total. The number of rotatable bonds is 8. The molecule has 0 spiro atoms. The van der Waals surface area contributed by atoms with Crippen LogP contribution in [0.25, 0.3) is 0 Å². The Balaban J connectivity index is 0.00000121. The maximum atomic E-state index is 13.6. The summed E-state index contributed by atoms with van der Waals surface area (Å²) in [6.45, 7) is 21.1. The number of anilines is 1. The minimum Gasteiger partial charge on any atom is -0.359 e. The van der Waals surface area contributed by atoms with Crippen molar-refractivity contribution in [3.05, 3.63) is 89.6 Å². The number of hydrogen-bond acceptors (Lipinski definition) is 3. The second-order valence-electron chi connectivity index (χ2n) is 11.7. The molecule has 1 saturated heterocycles. The molecular formula is C37H52F3N3. The summed E-state index contributed by atoms with van der Waals surface area (Å²) in [5.41, 5.74) is 2.41. The van der Waals surface area contributed by atoms with Crippen LogP contribution in [0.5, 0.6) is 0 Å². The monoisotopic (exact) mass is 595 g/mol. The molecule has 2 aromatic carbocycles. The summed E-state index contributed by atoms with van der Waals surface area (Å²) in [5, 5.41) is 3.27. The molecule has 6 heteroatoms. The van der Waals surface area contributed by atoms with Gasteiger partial charge in [0, 0.05) is 55.1 Å². The molecule has 3 nitrogen and oxygen atoms in total. The normalized spacial score (nSPS) is 17.7. The Bertz CT molecular complexity index is 1200. The quantitative estimate of drug-likeness (QED) is 0.242. The van der Waals surface area contributed by atoms with Gasteiger partial charge in [-0.2, -0.15) is 13.2 Å². The number of nitrogens with zero attached hydrogens (tertiary/aromatic N) is 2. The van der Waals surface area contributed by atoms with Crippen LogP contribution in [0, 0.1) is 23.7 Å². The van der Waals surface area contributed by atoms with Crippen LogP contribution in [0.15, 0.2) is 67.4 Å². The van der Waals surface area contributed by atoms with Gasteiger partial charge in [-0.3, -0.25) is 4.90 Å². The minimum absolute atomic E-state index is 0.152. The van der Waals surface area contributed by atoms with Gasteiger partial charge in [-0.25, -0.2) is 0 Å². The van der Waals surface area contributed by atoms with Gasteiger partial charge in [-0.15, -0.1) is 13.0 Å². The average Bonchev–Trinajstić information content (AvgIpc) is 3.00. The van der Waals surface area contributed by atoms with E-state index in [0.29, 0.717) is 11.6 Å². The van der Waals surface area contributed by atoms with E-state index in [4.69, 9.17) is 6.42 Å². The first kappa shape index (κ1) is 36.2. The number of hydrogen-bond donors (Lipinski definition) is 1. The number of likely N-dealkylation sites (N-methyl/N-ethyl adjacent to an activating group) is 1. The molecule has 1 aliphatic heterocycles. The summed E-state index contributed by atoms with van der Waals surface area (Å²) >= 11 is 0. The molecule has 2 aromatic rings. The second kappa shape index (κ2) is 17.3. The molecule has 1 atom stereocenters. The van der Waals surface area contributed by atoms with Crippen LogP contribution in [-0.2, 0) is 19.1 Å². The molecule has 1 heterocycles. The fraction of sp³-hybridized carbons (Fsp3) is 0.514. The lowest BCUT2D eigenvalue weighted by molar-refractivity contribution is -0.137. The summed E-state index contributed by atoms with van der Waals surface area (Å²) in [5.74, 6) is 2.56. The summed E-state index contributed by atoms with van der Waals surface area (Å²) in [4.78, 5) is 4.86. The molecule has 0 amide bonds. The van der Waals surface area contributed by atoms with E-state index < -0.39 is 11.7 Å². The van der Waals surface area contributed by atoms with Crippen LogP contribution in [0.3, 0.4) is 0 Å². The Morgan fingerprint density at radius 2 is 1.63 bits per heavy atom. The van der Waals surface area contributed by atoms with Gasteiger partial charge in [0.1, 0.15) is 0 Å². The van der Waals surface area contributed by atoms with Crippen LogP contribution in [-0.4, -0.2) is 43.0 Å². The number of allylic oxidation sites excluding steroid dienone is 2. The van der Waals surface area contributed by atoms with Gasteiger partial charge >= 0.3 is 6.18 Å². The molecule has 4 rings (SSSR count). The Morgan fingerprint density at radius 1 is 1.02 bits per heavy atom. The van der Waals surface area contributed by atoms with Gasteiger partial charge < -0.3 is 10.2 Å². The van der Waals surface area contributed by atoms with Crippen molar-refractivity contribution in [1.82, 2.24) is 9.80 Å². The zero-order valence-corrected chi connectivity index (χ0v) is 27.0. The Hall–Kier alpha value is -3.01. The van der Waals surface area contributed by atoms with Gasteiger partial charge in [0.05, 0.1) is 5.56 Å².